The van der Waals surface area contributed by atoms with Gasteiger partial charge in [-0.3, -0.25) is 15.0 Å². The van der Waals surface area contributed by atoms with Gasteiger partial charge in [0.05, 0.1) is 4.92 Å². The van der Waals surface area contributed by atoms with Gasteiger partial charge in [0.15, 0.2) is 13.5 Å². The summed E-state index contributed by atoms with van der Waals surface area (Å²) in [7, 11) is 0. The summed E-state index contributed by atoms with van der Waals surface area (Å²) < 4.78 is 11.1. The summed E-state index contributed by atoms with van der Waals surface area (Å²) in [6.07, 6.45) is -0.00620. The Labute approximate surface area is 97.9 Å². The van der Waals surface area contributed by atoms with E-state index in [1.807, 2.05) is 0 Å². The summed E-state index contributed by atoms with van der Waals surface area (Å²) in [5, 5.41) is 10.6. The molecule has 1 unspecified atom stereocenters. The summed E-state index contributed by atoms with van der Waals surface area (Å²) >= 11 is 0. The number of nitrogens with zero attached hydrogens (tertiary/aromatic N) is 1. The number of hydrogen-bond acceptors (Lipinski definition) is 4. The molecule has 1 aromatic rings. The van der Waals surface area contributed by atoms with Gasteiger partial charge < -0.3 is 9.47 Å². The van der Waals surface area contributed by atoms with Crippen molar-refractivity contribution in [2.45, 2.75) is 12.1 Å². The molecule has 2 heterocycles. The standard InChI is InChI=1S/C11H12N2O4/c14-13(15)9-3-1-8(2-4-9)11-10-5-16-6-12(10)7-17-11/h1-4,10-11H,5-7H2/p+1/t10-,11+/m1/s1. The summed E-state index contributed by atoms with van der Waals surface area (Å²) in [6.45, 7) is 2.03. The Morgan fingerprint density at radius 2 is 2.06 bits per heavy atom. The van der Waals surface area contributed by atoms with Crippen LogP contribution in [0.25, 0.3) is 0 Å². The number of quaternary nitrogens is 1. The third-order valence-electron chi connectivity index (χ3n) is 3.36. The van der Waals surface area contributed by atoms with E-state index in [1.165, 1.54) is 17.0 Å². The molecule has 0 radical (unpaired) electrons. The first-order valence-electron chi connectivity index (χ1n) is 5.54. The maximum Gasteiger partial charge on any atom is 0.269 e. The lowest BCUT2D eigenvalue weighted by molar-refractivity contribution is -0.916. The van der Waals surface area contributed by atoms with E-state index in [1.54, 1.807) is 12.1 Å². The summed E-state index contributed by atoms with van der Waals surface area (Å²) in [6, 6.07) is 6.89. The Morgan fingerprint density at radius 1 is 1.29 bits per heavy atom. The molecule has 2 fully saturated rings. The smallest absolute Gasteiger partial charge is 0.269 e. The van der Waals surface area contributed by atoms with Crippen LogP contribution in [-0.4, -0.2) is 31.0 Å². The number of fused-ring (bicyclic) bond motifs is 1. The second-order valence-corrected chi connectivity index (χ2v) is 4.36. The molecular formula is C11H13N2O4+. The van der Waals surface area contributed by atoms with Gasteiger partial charge in [-0.2, -0.15) is 0 Å². The molecule has 0 bridgehead atoms. The molecule has 6 heteroatoms. The van der Waals surface area contributed by atoms with E-state index in [-0.39, 0.29) is 11.8 Å². The molecule has 90 valence electrons. The van der Waals surface area contributed by atoms with Crippen molar-refractivity contribution in [2.24, 2.45) is 0 Å². The lowest BCUT2D eigenvalue weighted by Gasteiger charge is -2.12. The zero-order chi connectivity index (χ0) is 11.8. The second-order valence-electron chi connectivity index (χ2n) is 4.36. The molecule has 0 amide bonds. The molecule has 0 spiro atoms. The van der Waals surface area contributed by atoms with Crippen LogP contribution in [0.5, 0.6) is 0 Å². The van der Waals surface area contributed by atoms with E-state index in [0.29, 0.717) is 26.1 Å². The Morgan fingerprint density at radius 3 is 2.76 bits per heavy atom. The zero-order valence-electron chi connectivity index (χ0n) is 9.17. The van der Waals surface area contributed by atoms with Gasteiger partial charge in [-0.05, 0) is 17.7 Å². The molecule has 0 aromatic heterocycles. The first-order chi connectivity index (χ1) is 8.25. The first kappa shape index (κ1) is 10.6. The molecule has 2 aliphatic rings. The van der Waals surface area contributed by atoms with Crippen molar-refractivity contribution < 1.29 is 19.3 Å². The highest BCUT2D eigenvalue weighted by atomic mass is 16.6. The molecule has 17 heavy (non-hydrogen) atoms. The van der Waals surface area contributed by atoms with Crippen molar-refractivity contribution in [2.75, 3.05) is 20.1 Å². The average Bonchev–Trinajstić information content (AvgIpc) is 2.90. The maximum atomic E-state index is 10.6. The highest BCUT2D eigenvalue weighted by molar-refractivity contribution is 5.34. The Bertz CT molecular complexity index is 434. The number of nitro benzene ring substituents is 1. The van der Waals surface area contributed by atoms with E-state index in [0.717, 1.165) is 5.56 Å². The number of ether oxygens (including phenoxy) is 2. The third-order valence-corrected chi connectivity index (χ3v) is 3.36. The van der Waals surface area contributed by atoms with Crippen LogP contribution in [0.2, 0.25) is 0 Å². The minimum Gasteiger partial charge on any atom is -0.325 e. The molecule has 1 N–H and O–H groups in total. The Kier molecular flexibility index (Phi) is 2.54. The minimum atomic E-state index is -0.393. The fourth-order valence-corrected chi connectivity index (χ4v) is 2.42. The van der Waals surface area contributed by atoms with Gasteiger partial charge in [0.25, 0.3) is 5.69 Å². The van der Waals surface area contributed by atoms with Gasteiger partial charge in [0.2, 0.25) is 0 Å². The molecule has 0 saturated carbocycles. The van der Waals surface area contributed by atoms with Crippen LogP contribution >= 0.6 is 0 Å². The number of rotatable bonds is 2. The topological polar surface area (TPSA) is 66.0 Å². The summed E-state index contributed by atoms with van der Waals surface area (Å²) in [5.41, 5.74) is 1.10. The zero-order valence-corrected chi connectivity index (χ0v) is 9.17. The Hall–Kier alpha value is -1.50. The van der Waals surface area contributed by atoms with Crippen LogP contribution in [-0.2, 0) is 9.47 Å². The quantitative estimate of drug-likeness (QED) is 0.574. The van der Waals surface area contributed by atoms with Crippen LogP contribution < -0.4 is 4.90 Å². The monoisotopic (exact) mass is 237 g/mol. The number of non-ortho nitro benzene ring substituents is 1. The number of hydrogen-bond donors (Lipinski definition) is 1. The Balaban J connectivity index is 1.82. The molecule has 2 saturated heterocycles. The van der Waals surface area contributed by atoms with Crippen LogP contribution in [0.1, 0.15) is 11.7 Å². The van der Waals surface area contributed by atoms with E-state index < -0.39 is 4.92 Å². The largest absolute Gasteiger partial charge is 0.325 e. The number of nitrogens with one attached hydrogen (secondary N) is 1. The van der Waals surface area contributed by atoms with E-state index in [2.05, 4.69) is 0 Å². The molecular weight excluding hydrogens is 224 g/mol. The van der Waals surface area contributed by atoms with Crippen molar-refractivity contribution >= 4 is 5.69 Å². The molecule has 0 aliphatic carbocycles. The van der Waals surface area contributed by atoms with Gasteiger partial charge in [-0.15, -0.1) is 0 Å². The average molecular weight is 237 g/mol. The SMILES string of the molecule is O=[N+]([O-])c1ccc([C@@H]2OC[NH+]3COC[C@H]23)cc1. The fourth-order valence-electron chi connectivity index (χ4n) is 2.42. The van der Waals surface area contributed by atoms with Crippen molar-refractivity contribution in [1.29, 1.82) is 0 Å². The molecule has 3 atom stereocenters. The second kappa shape index (κ2) is 4.06. The molecule has 2 aliphatic heterocycles. The predicted molar refractivity (Wildman–Crippen MR) is 57.4 cm³/mol. The predicted octanol–water partition coefficient (Wildman–Crippen LogP) is -0.135. The van der Waals surface area contributed by atoms with E-state index in [9.17, 15) is 10.1 Å². The van der Waals surface area contributed by atoms with E-state index in [4.69, 9.17) is 9.47 Å². The third kappa shape index (κ3) is 1.80. The number of nitro groups is 1. The van der Waals surface area contributed by atoms with Crippen LogP contribution in [0.4, 0.5) is 5.69 Å². The maximum absolute atomic E-state index is 10.6. The number of benzene rings is 1. The van der Waals surface area contributed by atoms with Crippen molar-refractivity contribution in [3.05, 3.63) is 39.9 Å². The van der Waals surface area contributed by atoms with E-state index >= 15 is 0 Å². The summed E-state index contributed by atoms with van der Waals surface area (Å²) in [5.74, 6) is 0. The van der Waals surface area contributed by atoms with Crippen LogP contribution in [0.3, 0.4) is 0 Å². The van der Waals surface area contributed by atoms with Gasteiger partial charge in [-0.25, -0.2) is 0 Å². The fraction of sp³-hybridized carbons (Fsp3) is 0.455. The normalized spacial score (nSPS) is 31.4. The van der Waals surface area contributed by atoms with Crippen molar-refractivity contribution in [3.63, 3.8) is 0 Å². The van der Waals surface area contributed by atoms with Gasteiger partial charge in [0.1, 0.15) is 18.8 Å². The highest BCUT2D eigenvalue weighted by Gasteiger charge is 2.44. The lowest BCUT2D eigenvalue weighted by Crippen LogP contribution is -3.12. The minimum absolute atomic E-state index is 0.00620. The van der Waals surface area contributed by atoms with Crippen molar-refractivity contribution in [3.8, 4) is 0 Å². The van der Waals surface area contributed by atoms with Gasteiger partial charge in [0, 0.05) is 12.1 Å². The van der Waals surface area contributed by atoms with Crippen LogP contribution in [0.15, 0.2) is 24.3 Å². The van der Waals surface area contributed by atoms with Gasteiger partial charge >= 0.3 is 0 Å². The molecule has 6 nitrogen and oxygen atoms in total. The van der Waals surface area contributed by atoms with Crippen LogP contribution in [0, 0.1) is 10.1 Å². The highest BCUT2D eigenvalue weighted by Crippen LogP contribution is 2.26. The first-order valence-corrected chi connectivity index (χ1v) is 5.54. The molecule has 3 rings (SSSR count). The lowest BCUT2D eigenvalue weighted by atomic mass is 10.0. The van der Waals surface area contributed by atoms with Gasteiger partial charge in [-0.1, -0.05) is 0 Å². The summed E-state index contributed by atoms with van der Waals surface area (Å²) in [4.78, 5) is 11.5. The van der Waals surface area contributed by atoms with Crippen molar-refractivity contribution in [1.82, 2.24) is 0 Å². The molecule has 1 aromatic carbocycles.